The molecule has 0 radical (unpaired) electrons. The second-order valence-corrected chi connectivity index (χ2v) is 7.34. The number of nitrogens with one attached hydrogen (secondary N) is 1. The summed E-state index contributed by atoms with van der Waals surface area (Å²) in [5.74, 6) is 1.20. The number of benzene rings is 1. The van der Waals surface area contributed by atoms with Crippen molar-refractivity contribution < 1.29 is 8.42 Å². The molecule has 1 atom stereocenters. The molecule has 1 saturated heterocycles. The summed E-state index contributed by atoms with van der Waals surface area (Å²) in [5.41, 5.74) is 0. The van der Waals surface area contributed by atoms with Gasteiger partial charge in [-0.1, -0.05) is 17.7 Å². The highest BCUT2D eigenvalue weighted by molar-refractivity contribution is 7.89. The second kappa shape index (κ2) is 5.40. The van der Waals surface area contributed by atoms with E-state index in [1.54, 1.807) is 25.1 Å². The van der Waals surface area contributed by atoms with E-state index < -0.39 is 10.0 Å². The summed E-state index contributed by atoms with van der Waals surface area (Å²) in [6.07, 6.45) is 1.51. The summed E-state index contributed by atoms with van der Waals surface area (Å²) < 4.78 is 27.0. The van der Waals surface area contributed by atoms with E-state index in [9.17, 15) is 8.42 Å². The van der Waals surface area contributed by atoms with E-state index in [0.29, 0.717) is 23.2 Å². The molecular formula is C13H15ClN4O2S. The molecule has 1 fully saturated rings. The van der Waals surface area contributed by atoms with E-state index in [1.165, 1.54) is 10.4 Å². The third kappa shape index (κ3) is 2.68. The van der Waals surface area contributed by atoms with Gasteiger partial charge in [0.1, 0.15) is 5.82 Å². The molecule has 1 aromatic carbocycles. The van der Waals surface area contributed by atoms with Gasteiger partial charge in [0.25, 0.3) is 0 Å². The number of aromatic nitrogens is 3. The number of H-pyrrole nitrogens is 1. The standard InChI is InChI=1S/C13H15ClN4O2S/c1-9-15-13(17-16-9)12-6-3-7-18(12)21(19,20)11-5-2-4-10(14)8-11/h2,4-5,8,12H,3,6-7H2,1H3,(H,15,16,17)/t12-/m1/s1. The predicted octanol–water partition coefficient (Wildman–Crippen LogP) is 2.29. The minimum Gasteiger partial charge on any atom is -0.263 e. The maximum absolute atomic E-state index is 12.8. The first-order valence-corrected chi connectivity index (χ1v) is 8.46. The third-order valence-electron chi connectivity index (χ3n) is 3.52. The highest BCUT2D eigenvalue weighted by atomic mass is 35.5. The van der Waals surface area contributed by atoms with Crippen LogP contribution in [0.2, 0.25) is 5.02 Å². The van der Waals surface area contributed by atoms with Gasteiger partial charge in [-0.25, -0.2) is 13.4 Å². The van der Waals surface area contributed by atoms with Gasteiger partial charge in [-0.15, -0.1) is 0 Å². The van der Waals surface area contributed by atoms with Gasteiger partial charge in [0.2, 0.25) is 10.0 Å². The molecule has 0 aliphatic carbocycles. The van der Waals surface area contributed by atoms with E-state index in [0.717, 1.165) is 12.8 Å². The summed E-state index contributed by atoms with van der Waals surface area (Å²) in [5, 5.41) is 7.27. The Morgan fingerprint density at radius 1 is 1.43 bits per heavy atom. The van der Waals surface area contributed by atoms with Crippen LogP contribution in [0.25, 0.3) is 0 Å². The van der Waals surface area contributed by atoms with Crippen LogP contribution >= 0.6 is 11.6 Å². The first-order chi connectivity index (χ1) is 9.98. The zero-order chi connectivity index (χ0) is 15.0. The molecule has 0 spiro atoms. The average molecular weight is 327 g/mol. The summed E-state index contributed by atoms with van der Waals surface area (Å²) in [7, 11) is -3.59. The van der Waals surface area contributed by atoms with Crippen molar-refractivity contribution in [2.45, 2.75) is 30.7 Å². The summed E-state index contributed by atoms with van der Waals surface area (Å²) >= 11 is 5.90. The van der Waals surface area contributed by atoms with Crippen LogP contribution in [0.3, 0.4) is 0 Å². The average Bonchev–Trinajstić information content (AvgIpc) is 3.07. The topological polar surface area (TPSA) is 79.0 Å². The molecule has 2 aromatic rings. The minimum absolute atomic E-state index is 0.203. The van der Waals surface area contributed by atoms with Crippen LogP contribution in [0, 0.1) is 6.92 Å². The van der Waals surface area contributed by atoms with Gasteiger partial charge < -0.3 is 0 Å². The Labute approximate surface area is 128 Å². The summed E-state index contributed by atoms with van der Waals surface area (Å²) in [6, 6.07) is 5.99. The molecule has 1 aromatic heterocycles. The molecule has 1 aliphatic rings. The van der Waals surface area contributed by atoms with Gasteiger partial charge in [-0.2, -0.15) is 9.40 Å². The number of aryl methyl sites for hydroxylation is 1. The highest BCUT2D eigenvalue weighted by Crippen LogP contribution is 2.35. The lowest BCUT2D eigenvalue weighted by molar-refractivity contribution is 0.384. The van der Waals surface area contributed by atoms with Crippen molar-refractivity contribution in [1.82, 2.24) is 19.5 Å². The van der Waals surface area contributed by atoms with E-state index >= 15 is 0 Å². The molecule has 3 rings (SSSR count). The van der Waals surface area contributed by atoms with Gasteiger partial charge in [-0.3, -0.25) is 5.10 Å². The number of halogens is 1. The quantitative estimate of drug-likeness (QED) is 0.938. The van der Waals surface area contributed by atoms with E-state index in [1.807, 2.05) is 0 Å². The van der Waals surface area contributed by atoms with Gasteiger partial charge in [0.05, 0.1) is 10.9 Å². The molecule has 0 saturated carbocycles. The van der Waals surface area contributed by atoms with Crippen molar-refractivity contribution in [3.8, 4) is 0 Å². The fourth-order valence-electron chi connectivity index (χ4n) is 2.56. The Morgan fingerprint density at radius 3 is 2.90 bits per heavy atom. The van der Waals surface area contributed by atoms with Crippen molar-refractivity contribution in [2.24, 2.45) is 0 Å². The van der Waals surface area contributed by atoms with Gasteiger partial charge in [0.15, 0.2) is 5.82 Å². The number of sulfonamides is 1. The van der Waals surface area contributed by atoms with Crippen LogP contribution < -0.4 is 0 Å². The van der Waals surface area contributed by atoms with Crippen molar-refractivity contribution in [3.63, 3.8) is 0 Å². The van der Waals surface area contributed by atoms with E-state index in [2.05, 4.69) is 15.2 Å². The predicted molar refractivity (Wildman–Crippen MR) is 78.4 cm³/mol. The molecule has 0 bridgehead atoms. The molecule has 1 aliphatic heterocycles. The Hall–Kier alpha value is -1.44. The minimum atomic E-state index is -3.59. The fraction of sp³-hybridized carbons (Fsp3) is 0.385. The van der Waals surface area contributed by atoms with Crippen molar-refractivity contribution in [1.29, 1.82) is 0 Å². The van der Waals surface area contributed by atoms with Crippen LogP contribution in [-0.2, 0) is 10.0 Å². The van der Waals surface area contributed by atoms with Crippen LogP contribution in [-0.4, -0.2) is 34.4 Å². The number of nitrogens with zero attached hydrogens (tertiary/aromatic N) is 3. The first kappa shape index (κ1) is 14.5. The molecule has 21 heavy (non-hydrogen) atoms. The smallest absolute Gasteiger partial charge is 0.243 e. The van der Waals surface area contributed by atoms with Crippen molar-refractivity contribution in [2.75, 3.05) is 6.54 Å². The second-order valence-electron chi connectivity index (χ2n) is 5.01. The lowest BCUT2D eigenvalue weighted by atomic mass is 10.2. The summed E-state index contributed by atoms with van der Waals surface area (Å²) in [6.45, 7) is 2.26. The number of rotatable bonds is 3. The van der Waals surface area contributed by atoms with E-state index in [4.69, 9.17) is 11.6 Å². The van der Waals surface area contributed by atoms with Crippen molar-refractivity contribution in [3.05, 3.63) is 40.9 Å². The zero-order valence-electron chi connectivity index (χ0n) is 11.5. The van der Waals surface area contributed by atoms with Crippen LogP contribution in [0.5, 0.6) is 0 Å². The maximum atomic E-state index is 12.8. The number of hydrogen-bond donors (Lipinski definition) is 1. The molecule has 0 amide bonds. The SMILES string of the molecule is Cc1nc([C@H]2CCCN2S(=O)(=O)c2cccc(Cl)c2)n[nH]1. The molecule has 2 heterocycles. The molecule has 1 N–H and O–H groups in total. The van der Waals surface area contributed by atoms with Crippen molar-refractivity contribution >= 4 is 21.6 Å². The lowest BCUT2D eigenvalue weighted by Crippen LogP contribution is -2.31. The zero-order valence-corrected chi connectivity index (χ0v) is 13.0. The highest BCUT2D eigenvalue weighted by Gasteiger charge is 2.38. The Balaban J connectivity index is 1.98. The van der Waals surface area contributed by atoms with Gasteiger partial charge in [0, 0.05) is 11.6 Å². The van der Waals surface area contributed by atoms with Gasteiger partial charge in [-0.05, 0) is 38.0 Å². The largest absolute Gasteiger partial charge is 0.263 e. The molecule has 6 nitrogen and oxygen atoms in total. The lowest BCUT2D eigenvalue weighted by Gasteiger charge is -2.22. The van der Waals surface area contributed by atoms with Crippen LogP contribution in [0.1, 0.15) is 30.5 Å². The molecule has 8 heteroatoms. The van der Waals surface area contributed by atoms with Crippen LogP contribution in [0.15, 0.2) is 29.2 Å². The normalized spacial score (nSPS) is 20.0. The molecular weight excluding hydrogens is 312 g/mol. The number of aromatic amines is 1. The summed E-state index contributed by atoms with van der Waals surface area (Å²) in [4.78, 5) is 4.47. The number of hydrogen-bond acceptors (Lipinski definition) is 4. The van der Waals surface area contributed by atoms with Crippen LogP contribution in [0.4, 0.5) is 0 Å². The Kier molecular flexibility index (Phi) is 3.73. The van der Waals surface area contributed by atoms with E-state index in [-0.39, 0.29) is 10.9 Å². The monoisotopic (exact) mass is 326 g/mol. The molecule has 112 valence electrons. The Morgan fingerprint density at radius 2 is 2.24 bits per heavy atom. The molecule has 0 unspecified atom stereocenters. The fourth-order valence-corrected chi connectivity index (χ4v) is 4.51. The first-order valence-electron chi connectivity index (χ1n) is 6.65. The third-order valence-corrected chi connectivity index (χ3v) is 5.66. The maximum Gasteiger partial charge on any atom is 0.243 e. The Bertz CT molecular complexity index is 759. The van der Waals surface area contributed by atoms with Gasteiger partial charge >= 0.3 is 0 Å².